The first-order valence-electron chi connectivity index (χ1n) is 9.06. The van der Waals surface area contributed by atoms with E-state index >= 15 is 0 Å². The standard InChI is InChI=1S/C19H20ClFN4O3/c1-9(10-3-4-13(20)14(21)5-10)25-16(6-15(24-25)18(26)22-2)19(27)23-17-11-7-28-8-12(11)17/h3-6,9,11-12,17H,7-8H2,1-2H3,(H,22,26)(H,23,27)/t9-,11-,12+,17?/m0/s1. The number of hydrogen-bond donors (Lipinski definition) is 2. The van der Waals surface area contributed by atoms with Gasteiger partial charge in [-0.05, 0) is 24.6 Å². The minimum atomic E-state index is -0.554. The highest BCUT2D eigenvalue weighted by atomic mass is 35.5. The normalized spacial score (nSPS) is 23.8. The molecule has 0 spiro atoms. The van der Waals surface area contributed by atoms with Gasteiger partial charge in [0.25, 0.3) is 11.8 Å². The quantitative estimate of drug-likeness (QED) is 0.795. The molecule has 0 radical (unpaired) electrons. The van der Waals surface area contributed by atoms with Crippen molar-refractivity contribution in [3.05, 3.63) is 52.1 Å². The second-order valence-electron chi connectivity index (χ2n) is 7.15. The van der Waals surface area contributed by atoms with Gasteiger partial charge in [0.2, 0.25) is 0 Å². The predicted octanol–water partition coefficient (Wildman–Crippen LogP) is 2.02. The average molecular weight is 407 g/mol. The van der Waals surface area contributed by atoms with Crippen LogP contribution >= 0.6 is 11.6 Å². The third-order valence-corrected chi connectivity index (χ3v) is 5.78. The highest BCUT2D eigenvalue weighted by Gasteiger charge is 2.55. The number of ether oxygens (including phenoxy) is 1. The van der Waals surface area contributed by atoms with Crippen LogP contribution in [0.1, 0.15) is 39.5 Å². The van der Waals surface area contributed by atoms with Crippen LogP contribution in [0, 0.1) is 17.7 Å². The van der Waals surface area contributed by atoms with E-state index in [4.69, 9.17) is 16.3 Å². The molecule has 2 heterocycles. The van der Waals surface area contributed by atoms with Crippen molar-refractivity contribution in [3.63, 3.8) is 0 Å². The van der Waals surface area contributed by atoms with Gasteiger partial charge in [-0.2, -0.15) is 5.10 Å². The number of fused-ring (bicyclic) bond motifs is 1. The third kappa shape index (κ3) is 3.27. The van der Waals surface area contributed by atoms with Crippen LogP contribution < -0.4 is 10.6 Å². The van der Waals surface area contributed by atoms with E-state index < -0.39 is 17.8 Å². The minimum Gasteiger partial charge on any atom is -0.381 e. The third-order valence-electron chi connectivity index (χ3n) is 5.47. The van der Waals surface area contributed by atoms with Crippen LogP contribution in [0.2, 0.25) is 5.02 Å². The van der Waals surface area contributed by atoms with E-state index in [2.05, 4.69) is 15.7 Å². The molecule has 7 nitrogen and oxygen atoms in total. The maximum atomic E-state index is 13.9. The van der Waals surface area contributed by atoms with Crippen molar-refractivity contribution in [1.82, 2.24) is 20.4 Å². The summed E-state index contributed by atoms with van der Waals surface area (Å²) in [5.41, 5.74) is 0.944. The van der Waals surface area contributed by atoms with Gasteiger partial charge >= 0.3 is 0 Å². The maximum Gasteiger partial charge on any atom is 0.271 e. The molecular weight excluding hydrogens is 387 g/mol. The summed E-state index contributed by atoms with van der Waals surface area (Å²) in [6.45, 7) is 3.08. The molecule has 1 saturated heterocycles. The molecule has 1 unspecified atom stereocenters. The molecule has 1 aromatic carbocycles. The van der Waals surface area contributed by atoms with E-state index in [1.807, 2.05) is 0 Å². The molecule has 2 aliphatic rings. The lowest BCUT2D eigenvalue weighted by Gasteiger charge is -2.17. The van der Waals surface area contributed by atoms with E-state index in [1.165, 1.54) is 29.9 Å². The number of amides is 2. The van der Waals surface area contributed by atoms with Crippen molar-refractivity contribution >= 4 is 23.4 Å². The fraction of sp³-hybridized carbons (Fsp3) is 0.421. The summed E-state index contributed by atoms with van der Waals surface area (Å²) in [5, 5.41) is 9.81. The Morgan fingerprint density at radius 3 is 2.64 bits per heavy atom. The zero-order valence-corrected chi connectivity index (χ0v) is 16.2. The van der Waals surface area contributed by atoms with Gasteiger partial charge in [0, 0.05) is 31.0 Å². The van der Waals surface area contributed by atoms with Crippen molar-refractivity contribution in [2.24, 2.45) is 11.8 Å². The summed E-state index contributed by atoms with van der Waals surface area (Å²) in [5.74, 6) is -0.577. The first-order valence-corrected chi connectivity index (χ1v) is 9.43. The lowest BCUT2D eigenvalue weighted by Crippen LogP contribution is -2.32. The number of benzene rings is 1. The van der Waals surface area contributed by atoms with Gasteiger partial charge in [-0.15, -0.1) is 0 Å². The Hall–Kier alpha value is -2.45. The van der Waals surface area contributed by atoms with Crippen molar-refractivity contribution in [1.29, 1.82) is 0 Å². The van der Waals surface area contributed by atoms with Gasteiger partial charge in [0.1, 0.15) is 11.5 Å². The first kappa shape index (κ1) is 18.9. The Kier molecular flexibility index (Phi) is 4.84. The van der Waals surface area contributed by atoms with Crippen molar-refractivity contribution in [2.75, 3.05) is 20.3 Å². The second kappa shape index (κ2) is 7.18. The number of nitrogens with one attached hydrogen (secondary N) is 2. The number of hydrogen-bond acceptors (Lipinski definition) is 4. The van der Waals surface area contributed by atoms with Crippen molar-refractivity contribution in [3.8, 4) is 0 Å². The molecule has 9 heteroatoms. The van der Waals surface area contributed by atoms with Gasteiger partial charge in [0.05, 0.1) is 24.3 Å². The molecule has 2 aromatic rings. The van der Waals surface area contributed by atoms with Gasteiger partial charge < -0.3 is 15.4 Å². The summed E-state index contributed by atoms with van der Waals surface area (Å²) in [7, 11) is 1.49. The number of rotatable bonds is 5. The van der Waals surface area contributed by atoms with Crippen LogP contribution in [-0.2, 0) is 4.74 Å². The Morgan fingerprint density at radius 1 is 1.29 bits per heavy atom. The van der Waals surface area contributed by atoms with Gasteiger partial charge in [-0.1, -0.05) is 17.7 Å². The van der Waals surface area contributed by atoms with Crippen molar-refractivity contribution in [2.45, 2.75) is 19.0 Å². The number of carbonyl (C=O) groups excluding carboxylic acids is 2. The lowest BCUT2D eigenvalue weighted by atomic mass is 10.1. The van der Waals surface area contributed by atoms with E-state index in [0.717, 1.165) is 0 Å². The molecule has 1 aromatic heterocycles. The number of halogens is 2. The molecule has 4 rings (SSSR count). The number of aromatic nitrogens is 2. The summed E-state index contributed by atoms with van der Waals surface area (Å²) in [6.07, 6.45) is 0. The molecule has 2 N–H and O–H groups in total. The Morgan fingerprint density at radius 2 is 2.00 bits per heavy atom. The molecule has 4 atom stereocenters. The van der Waals surface area contributed by atoms with E-state index in [1.54, 1.807) is 13.0 Å². The minimum absolute atomic E-state index is 0.0166. The topological polar surface area (TPSA) is 85.3 Å². The SMILES string of the molecule is CNC(=O)c1cc(C(=O)NC2[C@H]3COC[C@@H]23)n([C@@H](C)c2ccc(Cl)c(F)c2)n1. The molecule has 0 bridgehead atoms. The molecular formula is C19H20ClFN4O3. The maximum absolute atomic E-state index is 13.9. The number of nitrogens with zero attached hydrogens (tertiary/aromatic N) is 2. The Bertz CT molecular complexity index is 937. The molecule has 148 valence electrons. The fourth-order valence-electron chi connectivity index (χ4n) is 3.69. The molecule has 2 amide bonds. The monoisotopic (exact) mass is 406 g/mol. The highest BCUT2D eigenvalue weighted by Crippen LogP contribution is 2.44. The Labute approximate surface area is 166 Å². The van der Waals surface area contributed by atoms with Crippen molar-refractivity contribution < 1.29 is 18.7 Å². The van der Waals surface area contributed by atoms with E-state index in [-0.39, 0.29) is 28.4 Å². The van der Waals surface area contributed by atoms with Gasteiger partial charge in [-0.25, -0.2) is 4.39 Å². The molecule has 2 fully saturated rings. The average Bonchev–Trinajstić information content (AvgIpc) is 3.10. The molecule has 1 aliphatic heterocycles. The van der Waals surface area contributed by atoms with Crippen LogP contribution in [0.15, 0.2) is 24.3 Å². The number of carbonyl (C=O) groups is 2. The van der Waals surface area contributed by atoms with Gasteiger partial charge in [0.15, 0.2) is 5.69 Å². The molecule has 1 aliphatic carbocycles. The second-order valence-corrected chi connectivity index (χ2v) is 7.56. The lowest BCUT2D eigenvalue weighted by molar-refractivity contribution is 0.0915. The zero-order chi connectivity index (χ0) is 20.0. The van der Waals surface area contributed by atoms with Crippen LogP contribution in [-0.4, -0.2) is 47.9 Å². The van der Waals surface area contributed by atoms with Crippen LogP contribution in [0.3, 0.4) is 0 Å². The molecule has 28 heavy (non-hydrogen) atoms. The largest absolute Gasteiger partial charge is 0.381 e. The van der Waals surface area contributed by atoms with Gasteiger partial charge in [-0.3, -0.25) is 14.3 Å². The Balaban J connectivity index is 1.64. The molecule has 1 saturated carbocycles. The van der Waals surface area contributed by atoms with E-state index in [0.29, 0.717) is 30.6 Å². The predicted molar refractivity (Wildman–Crippen MR) is 99.9 cm³/mol. The summed E-state index contributed by atoms with van der Waals surface area (Å²) in [6, 6.07) is 5.48. The van der Waals surface area contributed by atoms with E-state index in [9.17, 15) is 14.0 Å². The highest BCUT2D eigenvalue weighted by molar-refractivity contribution is 6.30. The summed E-state index contributed by atoms with van der Waals surface area (Å²) in [4.78, 5) is 24.9. The fourth-order valence-corrected chi connectivity index (χ4v) is 3.81. The van der Waals surface area contributed by atoms with Crippen LogP contribution in [0.4, 0.5) is 4.39 Å². The zero-order valence-electron chi connectivity index (χ0n) is 15.4. The summed E-state index contributed by atoms with van der Waals surface area (Å²) < 4.78 is 20.7. The smallest absolute Gasteiger partial charge is 0.271 e. The summed E-state index contributed by atoms with van der Waals surface area (Å²) >= 11 is 5.76. The van der Waals surface area contributed by atoms with Crippen LogP contribution in [0.5, 0.6) is 0 Å². The van der Waals surface area contributed by atoms with Crippen LogP contribution in [0.25, 0.3) is 0 Å². The first-order chi connectivity index (χ1) is 13.4.